The van der Waals surface area contributed by atoms with E-state index in [0.717, 1.165) is 12.1 Å². The quantitative estimate of drug-likeness (QED) is 0.616. The van der Waals surface area contributed by atoms with Gasteiger partial charge in [-0.05, 0) is 36.8 Å². The van der Waals surface area contributed by atoms with E-state index in [4.69, 9.17) is 10.5 Å². The van der Waals surface area contributed by atoms with E-state index in [1.54, 1.807) is 24.3 Å². The Hall–Kier alpha value is -2.70. The van der Waals surface area contributed by atoms with Crippen molar-refractivity contribution in [2.24, 2.45) is 0 Å². The van der Waals surface area contributed by atoms with Gasteiger partial charge < -0.3 is 15.8 Å². The number of halogens is 3. The van der Waals surface area contributed by atoms with Crippen molar-refractivity contribution in [2.75, 3.05) is 17.7 Å². The van der Waals surface area contributed by atoms with Gasteiger partial charge in [-0.1, -0.05) is 18.2 Å². The summed E-state index contributed by atoms with van der Waals surface area (Å²) in [5.41, 5.74) is 5.53. The van der Waals surface area contributed by atoms with Crippen LogP contribution in [0.5, 0.6) is 5.75 Å². The highest BCUT2D eigenvalue weighted by Crippen LogP contribution is 2.30. The predicted molar refractivity (Wildman–Crippen MR) is 85.7 cm³/mol. The van der Waals surface area contributed by atoms with Crippen LogP contribution in [0.4, 0.5) is 24.5 Å². The summed E-state index contributed by atoms with van der Waals surface area (Å²) in [7, 11) is 0. The zero-order valence-corrected chi connectivity index (χ0v) is 12.8. The molecule has 0 fully saturated rings. The van der Waals surface area contributed by atoms with Crippen molar-refractivity contribution in [3.05, 3.63) is 54.1 Å². The molecule has 0 aliphatic carbocycles. The number of benzene rings is 2. The fraction of sp³-hybridized carbons (Fsp3) is 0.235. The van der Waals surface area contributed by atoms with Crippen molar-refractivity contribution in [3.8, 4) is 5.75 Å². The minimum absolute atomic E-state index is 0.114. The minimum atomic E-state index is -4.44. The van der Waals surface area contributed by atoms with Gasteiger partial charge in [0.1, 0.15) is 5.75 Å². The van der Waals surface area contributed by atoms with E-state index < -0.39 is 11.7 Å². The number of para-hydroxylation sites is 2. The Labute approximate surface area is 137 Å². The van der Waals surface area contributed by atoms with Crippen LogP contribution in [0, 0.1) is 0 Å². The largest absolute Gasteiger partial charge is 0.491 e. The molecule has 0 aliphatic rings. The van der Waals surface area contributed by atoms with Gasteiger partial charge in [0, 0.05) is 12.1 Å². The number of carbonyl (C=O) groups excluding carboxylic acids is 1. The Morgan fingerprint density at radius 1 is 1.12 bits per heavy atom. The minimum Gasteiger partial charge on any atom is -0.491 e. The van der Waals surface area contributed by atoms with Crippen LogP contribution in [0.1, 0.15) is 18.4 Å². The van der Waals surface area contributed by atoms with Gasteiger partial charge in [0.2, 0.25) is 5.91 Å². The first-order valence-corrected chi connectivity index (χ1v) is 7.30. The number of nitrogens with one attached hydrogen (secondary N) is 1. The molecule has 0 saturated heterocycles. The van der Waals surface area contributed by atoms with Crippen LogP contribution in [0.2, 0.25) is 0 Å². The van der Waals surface area contributed by atoms with Crippen LogP contribution in [0.3, 0.4) is 0 Å². The second-order valence-corrected chi connectivity index (χ2v) is 5.12. The Morgan fingerprint density at radius 3 is 2.58 bits per heavy atom. The molecule has 7 heteroatoms. The molecule has 0 atom stereocenters. The van der Waals surface area contributed by atoms with Gasteiger partial charge in [-0.3, -0.25) is 4.79 Å². The highest BCUT2D eigenvalue weighted by molar-refractivity contribution is 5.90. The number of carbonyl (C=O) groups is 1. The van der Waals surface area contributed by atoms with E-state index in [1.165, 1.54) is 12.1 Å². The van der Waals surface area contributed by atoms with Gasteiger partial charge in [0.15, 0.2) is 0 Å². The Morgan fingerprint density at radius 2 is 1.88 bits per heavy atom. The second kappa shape index (κ2) is 7.72. The van der Waals surface area contributed by atoms with Crippen LogP contribution in [-0.4, -0.2) is 12.5 Å². The maximum absolute atomic E-state index is 12.6. The summed E-state index contributed by atoms with van der Waals surface area (Å²) < 4.78 is 43.3. The third-order valence-corrected chi connectivity index (χ3v) is 3.20. The van der Waals surface area contributed by atoms with Crippen LogP contribution < -0.4 is 15.8 Å². The van der Waals surface area contributed by atoms with Crippen LogP contribution in [-0.2, 0) is 11.0 Å². The zero-order valence-electron chi connectivity index (χ0n) is 12.8. The molecular weight excluding hydrogens is 321 g/mol. The summed E-state index contributed by atoms with van der Waals surface area (Å²) in [5, 5.41) is 2.45. The van der Waals surface area contributed by atoms with E-state index >= 15 is 0 Å². The number of nitrogens with two attached hydrogens (primary N) is 1. The molecule has 2 rings (SSSR count). The van der Waals surface area contributed by atoms with Gasteiger partial charge in [-0.25, -0.2) is 0 Å². The monoisotopic (exact) mass is 338 g/mol. The van der Waals surface area contributed by atoms with E-state index in [0.29, 0.717) is 17.9 Å². The maximum atomic E-state index is 12.6. The summed E-state index contributed by atoms with van der Waals surface area (Å²) in [6.07, 6.45) is -3.90. The number of anilines is 2. The summed E-state index contributed by atoms with van der Waals surface area (Å²) in [5.74, 6) is 0.162. The number of alkyl halides is 3. The molecule has 2 aromatic carbocycles. The van der Waals surface area contributed by atoms with Crippen molar-refractivity contribution in [2.45, 2.75) is 19.0 Å². The van der Waals surface area contributed by atoms with Crippen molar-refractivity contribution < 1.29 is 22.7 Å². The average Bonchev–Trinajstić information content (AvgIpc) is 2.52. The van der Waals surface area contributed by atoms with Gasteiger partial charge >= 0.3 is 6.18 Å². The Balaban J connectivity index is 1.79. The number of nitrogen functional groups attached to an aromatic ring is 1. The fourth-order valence-corrected chi connectivity index (χ4v) is 2.02. The van der Waals surface area contributed by atoms with Crippen LogP contribution in [0.15, 0.2) is 48.5 Å². The third kappa shape index (κ3) is 5.19. The molecule has 0 aromatic heterocycles. The van der Waals surface area contributed by atoms with Gasteiger partial charge in [-0.15, -0.1) is 0 Å². The lowest BCUT2D eigenvalue weighted by molar-refractivity contribution is -0.137. The van der Waals surface area contributed by atoms with Gasteiger partial charge in [0.05, 0.1) is 17.9 Å². The number of hydrogen-bond acceptors (Lipinski definition) is 3. The highest BCUT2D eigenvalue weighted by Gasteiger charge is 2.30. The molecule has 0 radical (unpaired) electrons. The maximum Gasteiger partial charge on any atom is 0.416 e. The summed E-state index contributed by atoms with van der Waals surface area (Å²) in [6.45, 7) is 0.282. The van der Waals surface area contributed by atoms with E-state index in [9.17, 15) is 18.0 Å². The molecule has 0 heterocycles. The topological polar surface area (TPSA) is 64.3 Å². The number of ether oxygens (including phenoxy) is 1. The van der Waals surface area contributed by atoms with Crippen molar-refractivity contribution >= 4 is 17.3 Å². The molecule has 24 heavy (non-hydrogen) atoms. The lowest BCUT2D eigenvalue weighted by atomic mass is 10.2. The molecule has 1 amide bonds. The SMILES string of the molecule is Nc1ccccc1OCCCC(=O)Nc1cccc(C(F)(F)F)c1. The molecule has 128 valence electrons. The van der Waals surface area contributed by atoms with E-state index in [-0.39, 0.29) is 24.6 Å². The number of rotatable bonds is 6. The lowest BCUT2D eigenvalue weighted by Crippen LogP contribution is -2.14. The average molecular weight is 338 g/mol. The fourth-order valence-electron chi connectivity index (χ4n) is 2.02. The second-order valence-electron chi connectivity index (χ2n) is 5.12. The molecular formula is C17H17F3N2O2. The molecule has 0 unspecified atom stereocenters. The standard InChI is InChI=1S/C17H17F3N2O2/c18-17(19,20)12-5-3-6-13(11-12)22-16(23)9-4-10-24-15-8-2-1-7-14(15)21/h1-3,5-8,11H,4,9-10,21H2,(H,22,23). The Bertz CT molecular complexity index is 702. The molecule has 0 spiro atoms. The van der Waals surface area contributed by atoms with Crippen molar-refractivity contribution in [3.63, 3.8) is 0 Å². The van der Waals surface area contributed by atoms with E-state index in [1.807, 2.05) is 0 Å². The molecule has 3 N–H and O–H groups in total. The Kier molecular flexibility index (Phi) is 5.68. The molecule has 0 aliphatic heterocycles. The first-order valence-electron chi connectivity index (χ1n) is 7.30. The van der Waals surface area contributed by atoms with Gasteiger partial charge in [0.25, 0.3) is 0 Å². The van der Waals surface area contributed by atoms with Crippen LogP contribution >= 0.6 is 0 Å². The molecule has 4 nitrogen and oxygen atoms in total. The smallest absolute Gasteiger partial charge is 0.416 e. The molecule has 0 saturated carbocycles. The first kappa shape index (κ1) is 17.7. The summed E-state index contributed by atoms with van der Waals surface area (Å²) >= 11 is 0. The highest BCUT2D eigenvalue weighted by atomic mass is 19.4. The summed E-state index contributed by atoms with van der Waals surface area (Å²) in [4.78, 5) is 11.8. The number of hydrogen-bond donors (Lipinski definition) is 2. The van der Waals surface area contributed by atoms with E-state index in [2.05, 4.69) is 5.32 Å². The van der Waals surface area contributed by atoms with Crippen molar-refractivity contribution in [1.29, 1.82) is 0 Å². The normalized spacial score (nSPS) is 11.1. The molecule has 0 bridgehead atoms. The summed E-state index contributed by atoms with van der Waals surface area (Å²) in [6, 6.07) is 11.5. The van der Waals surface area contributed by atoms with Crippen molar-refractivity contribution in [1.82, 2.24) is 0 Å². The zero-order chi connectivity index (χ0) is 17.6. The third-order valence-electron chi connectivity index (χ3n) is 3.20. The predicted octanol–water partition coefficient (Wildman–Crippen LogP) is 4.09. The molecule has 2 aromatic rings. The first-order chi connectivity index (χ1) is 11.4. The number of amides is 1. The van der Waals surface area contributed by atoms with Crippen LogP contribution in [0.25, 0.3) is 0 Å². The van der Waals surface area contributed by atoms with Gasteiger partial charge in [-0.2, -0.15) is 13.2 Å². The lowest BCUT2D eigenvalue weighted by Gasteiger charge is -2.10.